The first kappa shape index (κ1) is 48.2. The number of rotatable bonds is 17. The van der Waals surface area contributed by atoms with Gasteiger partial charge in [0.15, 0.2) is 0 Å². The number of carbonyl (C=O) groups is 5. The summed E-state index contributed by atoms with van der Waals surface area (Å²) in [6, 6.07) is 1.61. The number of likely N-dealkylation sites (tertiary alicyclic amines) is 1. The SMILES string of the molecule is CC[C@@H](C)[C@@H]([C@@H](CC(=O)N1CCC[C@H]1[C@H](OC)[C@@H](C)C(=O)NS(=O)(=O)c1ccc(NC(=O)C(F)(F)F)cc1)OC)N(C)C(=O)[C@@H](NC(=O)OC(C)(C)C)C(C)C. The fourth-order valence-corrected chi connectivity index (χ4v) is 7.74. The molecule has 1 fully saturated rings. The van der Waals surface area contributed by atoms with E-state index in [0.717, 1.165) is 24.3 Å². The van der Waals surface area contributed by atoms with E-state index < -0.39 is 80.9 Å². The summed E-state index contributed by atoms with van der Waals surface area (Å²) >= 11 is 0. The zero-order valence-electron chi connectivity index (χ0n) is 34.0. The minimum absolute atomic E-state index is 0.141. The molecular formula is C37H58F3N5O10S. The smallest absolute Gasteiger partial charge is 0.444 e. The Kier molecular flexibility index (Phi) is 17.2. The van der Waals surface area contributed by atoms with Crippen molar-refractivity contribution in [3.8, 4) is 0 Å². The molecule has 15 nitrogen and oxygen atoms in total. The summed E-state index contributed by atoms with van der Waals surface area (Å²) in [5, 5.41) is 4.30. The number of methoxy groups -OCH3 is 2. The number of nitrogens with zero attached hydrogens (tertiary/aromatic N) is 2. The van der Waals surface area contributed by atoms with Crippen molar-refractivity contribution in [2.45, 2.75) is 128 Å². The predicted octanol–water partition coefficient (Wildman–Crippen LogP) is 4.46. The van der Waals surface area contributed by atoms with Crippen LogP contribution in [0.5, 0.6) is 0 Å². The number of anilines is 1. The van der Waals surface area contributed by atoms with Crippen molar-refractivity contribution in [2.24, 2.45) is 17.8 Å². The molecule has 1 aliphatic rings. The maximum atomic E-state index is 14.1. The molecule has 56 heavy (non-hydrogen) atoms. The Morgan fingerprint density at radius 2 is 1.57 bits per heavy atom. The highest BCUT2D eigenvalue weighted by Crippen LogP contribution is 2.30. The first-order valence-corrected chi connectivity index (χ1v) is 19.9. The molecule has 1 aromatic rings. The molecule has 0 spiro atoms. The van der Waals surface area contributed by atoms with E-state index in [1.54, 1.807) is 51.9 Å². The van der Waals surface area contributed by atoms with E-state index >= 15 is 0 Å². The van der Waals surface area contributed by atoms with Crippen molar-refractivity contribution < 1.29 is 59.8 Å². The third-order valence-electron chi connectivity index (χ3n) is 9.78. The van der Waals surface area contributed by atoms with Gasteiger partial charge < -0.3 is 34.6 Å². The number of nitrogens with one attached hydrogen (secondary N) is 3. The normalized spacial score (nSPS) is 18.3. The van der Waals surface area contributed by atoms with E-state index in [-0.39, 0.29) is 35.8 Å². The molecule has 0 aromatic heterocycles. The molecule has 7 atom stereocenters. The highest BCUT2D eigenvalue weighted by atomic mass is 32.2. The van der Waals surface area contributed by atoms with Crippen LogP contribution in [0.25, 0.3) is 0 Å². The molecule has 1 saturated heterocycles. The van der Waals surface area contributed by atoms with Crippen LogP contribution in [0.4, 0.5) is 23.7 Å². The maximum absolute atomic E-state index is 14.1. The van der Waals surface area contributed by atoms with E-state index in [0.29, 0.717) is 25.8 Å². The lowest BCUT2D eigenvalue weighted by atomic mass is 9.89. The van der Waals surface area contributed by atoms with Crippen molar-refractivity contribution in [1.82, 2.24) is 19.8 Å². The Balaban J connectivity index is 2.25. The second-order valence-corrected chi connectivity index (χ2v) is 17.1. The molecule has 3 N–H and O–H groups in total. The molecule has 1 aromatic carbocycles. The number of ether oxygens (including phenoxy) is 3. The van der Waals surface area contributed by atoms with Gasteiger partial charge in [-0.25, -0.2) is 17.9 Å². The maximum Gasteiger partial charge on any atom is 0.471 e. The average molecular weight is 822 g/mol. The highest BCUT2D eigenvalue weighted by molar-refractivity contribution is 7.90. The van der Waals surface area contributed by atoms with Gasteiger partial charge in [-0.1, -0.05) is 41.0 Å². The minimum atomic E-state index is -5.15. The van der Waals surface area contributed by atoms with Gasteiger partial charge in [-0.2, -0.15) is 13.2 Å². The van der Waals surface area contributed by atoms with Crippen molar-refractivity contribution in [3.05, 3.63) is 24.3 Å². The third-order valence-corrected chi connectivity index (χ3v) is 11.1. The van der Waals surface area contributed by atoms with Gasteiger partial charge in [0.05, 0.1) is 41.5 Å². The fraction of sp³-hybridized carbons (Fsp3) is 0.703. The summed E-state index contributed by atoms with van der Waals surface area (Å²) in [5.41, 5.74) is -1.09. The summed E-state index contributed by atoms with van der Waals surface area (Å²) in [5.74, 6) is -5.44. The summed E-state index contributed by atoms with van der Waals surface area (Å²) in [4.78, 5) is 67.9. The first-order valence-electron chi connectivity index (χ1n) is 18.5. The number of amides is 5. The van der Waals surface area contributed by atoms with Crippen LogP contribution in [0.15, 0.2) is 29.2 Å². The lowest BCUT2D eigenvalue weighted by Crippen LogP contribution is -2.58. The van der Waals surface area contributed by atoms with E-state index in [4.69, 9.17) is 14.2 Å². The van der Waals surface area contributed by atoms with Gasteiger partial charge in [-0.15, -0.1) is 0 Å². The Morgan fingerprint density at radius 3 is 2.05 bits per heavy atom. The zero-order valence-corrected chi connectivity index (χ0v) is 34.8. The first-order chi connectivity index (χ1) is 25.8. The number of benzene rings is 1. The monoisotopic (exact) mass is 821 g/mol. The quantitative estimate of drug-likeness (QED) is 0.202. The second kappa shape index (κ2) is 19.9. The molecular weight excluding hydrogens is 763 g/mol. The topological polar surface area (TPSA) is 190 Å². The Hall–Kier alpha value is -3.97. The number of alkyl carbamates (subject to hydrolysis) is 1. The number of halogens is 3. The standard InChI is InChI=1S/C37H58F3N5O10S/c1-12-22(4)30(44(9)33(48)29(21(2)3)42-35(50)55-36(6,7)8)27(53-10)20-28(46)45-19-13-14-26(45)31(54-11)23(5)32(47)43-56(51,52)25-17-15-24(16-18-25)41-34(49)37(38,39)40/h15-18,21-23,26-27,29-31H,12-14,19-20H2,1-11H3,(H,41,49)(H,42,50)(H,43,47)/t22-,23-,26+,27-,29+,30+,31-/m1/s1. The molecule has 1 aliphatic heterocycles. The summed E-state index contributed by atoms with van der Waals surface area (Å²) in [7, 11) is -0.111. The Morgan fingerprint density at radius 1 is 0.982 bits per heavy atom. The van der Waals surface area contributed by atoms with Crippen LogP contribution in [0.3, 0.4) is 0 Å². The molecule has 0 unspecified atom stereocenters. The summed E-state index contributed by atoms with van der Waals surface area (Å²) in [6.45, 7) is 14.4. The van der Waals surface area contributed by atoms with Gasteiger partial charge in [-0.3, -0.25) is 19.2 Å². The van der Waals surface area contributed by atoms with Gasteiger partial charge in [0.1, 0.15) is 11.6 Å². The van der Waals surface area contributed by atoms with Crippen LogP contribution in [-0.4, -0.2) is 118 Å². The van der Waals surface area contributed by atoms with Crippen molar-refractivity contribution >= 4 is 45.4 Å². The van der Waals surface area contributed by atoms with E-state index in [1.165, 1.54) is 26.0 Å². The molecule has 0 saturated carbocycles. The van der Waals surface area contributed by atoms with Gasteiger partial charge >= 0.3 is 18.2 Å². The van der Waals surface area contributed by atoms with E-state index in [1.807, 2.05) is 18.6 Å². The Bertz CT molecular complexity index is 1640. The second-order valence-electron chi connectivity index (χ2n) is 15.4. The van der Waals surface area contributed by atoms with Crippen LogP contribution < -0.4 is 15.4 Å². The van der Waals surface area contributed by atoms with Crippen LogP contribution in [0, 0.1) is 17.8 Å². The third kappa shape index (κ3) is 13.0. The number of likely N-dealkylation sites (N-methyl/N-ethyl adjacent to an activating group) is 1. The number of hydrogen-bond acceptors (Lipinski definition) is 10. The van der Waals surface area contributed by atoms with Gasteiger partial charge in [0.2, 0.25) is 17.7 Å². The van der Waals surface area contributed by atoms with Crippen LogP contribution >= 0.6 is 0 Å². The van der Waals surface area contributed by atoms with Crippen molar-refractivity contribution in [3.63, 3.8) is 0 Å². The highest BCUT2D eigenvalue weighted by Gasteiger charge is 2.43. The summed E-state index contributed by atoms with van der Waals surface area (Å²) in [6.07, 6.45) is -6.11. The van der Waals surface area contributed by atoms with Gasteiger partial charge in [0.25, 0.3) is 10.0 Å². The minimum Gasteiger partial charge on any atom is -0.444 e. The number of hydrogen-bond donors (Lipinski definition) is 3. The predicted molar refractivity (Wildman–Crippen MR) is 201 cm³/mol. The molecule has 5 amide bonds. The molecule has 0 bridgehead atoms. The largest absolute Gasteiger partial charge is 0.471 e. The lowest BCUT2D eigenvalue weighted by molar-refractivity contribution is -0.167. The Labute approximate surface area is 327 Å². The number of carbonyl (C=O) groups excluding carboxylic acids is 5. The van der Waals surface area contributed by atoms with Crippen LogP contribution in [0.2, 0.25) is 0 Å². The molecule has 0 aliphatic carbocycles. The zero-order chi connectivity index (χ0) is 42.9. The van der Waals surface area contributed by atoms with Crippen LogP contribution in [-0.2, 0) is 43.4 Å². The molecule has 2 rings (SSSR count). The van der Waals surface area contributed by atoms with Gasteiger partial charge in [0, 0.05) is 33.5 Å². The average Bonchev–Trinajstić information content (AvgIpc) is 3.58. The molecule has 1 heterocycles. The van der Waals surface area contributed by atoms with Crippen molar-refractivity contribution in [1.29, 1.82) is 0 Å². The molecule has 0 radical (unpaired) electrons. The molecule has 19 heteroatoms. The molecule has 318 valence electrons. The van der Waals surface area contributed by atoms with E-state index in [2.05, 4.69) is 5.32 Å². The lowest BCUT2D eigenvalue weighted by Gasteiger charge is -2.40. The number of sulfonamides is 1. The van der Waals surface area contributed by atoms with Crippen LogP contribution in [0.1, 0.15) is 81.1 Å². The fourth-order valence-electron chi connectivity index (χ4n) is 6.68. The van der Waals surface area contributed by atoms with Gasteiger partial charge in [-0.05, 0) is 69.7 Å². The van der Waals surface area contributed by atoms with Crippen molar-refractivity contribution in [2.75, 3.05) is 33.1 Å². The summed E-state index contributed by atoms with van der Waals surface area (Å²) < 4.78 is 82.8. The number of alkyl halides is 3. The van der Waals surface area contributed by atoms with E-state index in [9.17, 15) is 45.6 Å².